The van der Waals surface area contributed by atoms with Gasteiger partial charge in [-0.15, -0.1) is 0 Å². The van der Waals surface area contributed by atoms with Crippen LogP contribution >= 0.6 is 0 Å². The molecule has 0 spiro atoms. The molecular weight excluding hydrogens is 318 g/mol. The third-order valence-corrected chi connectivity index (χ3v) is 4.42. The van der Waals surface area contributed by atoms with Gasteiger partial charge in [-0.25, -0.2) is 4.79 Å². The molecule has 1 aliphatic rings. The van der Waals surface area contributed by atoms with Gasteiger partial charge in [0.1, 0.15) is 6.61 Å². The second kappa shape index (κ2) is 8.25. The third-order valence-electron chi connectivity index (χ3n) is 4.42. The van der Waals surface area contributed by atoms with E-state index in [1.54, 1.807) is 48.5 Å². The van der Waals surface area contributed by atoms with E-state index in [9.17, 15) is 9.90 Å². The zero-order valence-electron chi connectivity index (χ0n) is 14.1. The van der Waals surface area contributed by atoms with Crippen LogP contribution in [0.1, 0.15) is 11.1 Å². The molecular formula is C20H23NO4. The molecule has 0 amide bonds. The zero-order valence-corrected chi connectivity index (χ0v) is 14.1. The molecule has 2 aromatic rings. The maximum atomic E-state index is 12.8. The summed E-state index contributed by atoms with van der Waals surface area (Å²) in [6, 6.07) is 17.8. The Balaban J connectivity index is 1.74. The number of esters is 1. The summed E-state index contributed by atoms with van der Waals surface area (Å²) in [6.45, 7) is 3.94. The van der Waals surface area contributed by atoms with Crippen molar-refractivity contribution in [1.82, 2.24) is 4.90 Å². The van der Waals surface area contributed by atoms with Crippen LogP contribution in [0.25, 0.3) is 0 Å². The molecule has 1 fully saturated rings. The molecule has 3 rings (SSSR count). The van der Waals surface area contributed by atoms with Crippen molar-refractivity contribution in [2.24, 2.45) is 0 Å². The Morgan fingerprint density at radius 1 is 1.00 bits per heavy atom. The first-order chi connectivity index (χ1) is 12.2. The first-order valence-electron chi connectivity index (χ1n) is 8.52. The Morgan fingerprint density at radius 2 is 1.52 bits per heavy atom. The maximum absolute atomic E-state index is 12.8. The molecule has 2 aromatic carbocycles. The highest BCUT2D eigenvalue weighted by atomic mass is 16.5. The van der Waals surface area contributed by atoms with E-state index in [0.29, 0.717) is 30.9 Å². The summed E-state index contributed by atoms with van der Waals surface area (Å²) in [5.74, 6) is -0.654. The number of ether oxygens (including phenoxy) is 2. The quantitative estimate of drug-likeness (QED) is 0.812. The molecule has 1 N–H and O–H groups in total. The summed E-state index contributed by atoms with van der Waals surface area (Å²) in [6.07, 6.45) is 0. The van der Waals surface area contributed by atoms with Gasteiger partial charge in [0.15, 0.2) is 0 Å². The van der Waals surface area contributed by atoms with Crippen molar-refractivity contribution in [3.05, 3.63) is 71.8 Å². The number of carbonyl (C=O) groups is 1. The van der Waals surface area contributed by atoms with E-state index in [1.165, 1.54) is 0 Å². The van der Waals surface area contributed by atoms with Gasteiger partial charge in [-0.1, -0.05) is 60.7 Å². The van der Waals surface area contributed by atoms with Gasteiger partial charge >= 0.3 is 5.97 Å². The van der Waals surface area contributed by atoms with Crippen molar-refractivity contribution >= 4 is 5.97 Å². The number of nitrogens with zero attached hydrogens (tertiary/aromatic N) is 1. The predicted molar refractivity (Wildman–Crippen MR) is 94.1 cm³/mol. The summed E-state index contributed by atoms with van der Waals surface area (Å²) in [4.78, 5) is 15.0. The molecule has 0 atom stereocenters. The highest BCUT2D eigenvalue weighted by molar-refractivity contribution is 5.85. The van der Waals surface area contributed by atoms with Gasteiger partial charge in [0.25, 0.3) is 0 Å². The summed E-state index contributed by atoms with van der Waals surface area (Å²) in [7, 11) is 0. The van der Waals surface area contributed by atoms with E-state index in [-0.39, 0.29) is 6.61 Å². The second-order valence-electron chi connectivity index (χ2n) is 6.03. The average molecular weight is 341 g/mol. The van der Waals surface area contributed by atoms with E-state index < -0.39 is 11.6 Å². The molecule has 5 heteroatoms. The third kappa shape index (κ3) is 4.07. The number of rotatable bonds is 6. The van der Waals surface area contributed by atoms with Crippen molar-refractivity contribution < 1.29 is 19.4 Å². The number of morpholine rings is 1. The molecule has 0 bridgehead atoms. The van der Waals surface area contributed by atoms with Gasteiger partial charge in [-0.3, -0.25) is 4.90 Å². The van der Waals surface area contributed by atoms with Gasteiger partial charge in [0.05, 0.1) is 13.2 Å². The molecule has 1 aliphatic heterocycles. The minimum atomic E-state index is -1.81. The lowest BCUT2D eigenvalue weighted by molar-refractivity contribution is -0.162. The van der Waals surface area contributed by atoms with Crippen molar-refractivity contribution in [2.45, 2.75) is 5.60 Å². The van der Waals surface area contributed by atoms with Gasteiger partial charge in [0, 0.05) is 19.6 Å². The fraction of sp³-hybridized carbons (Fsp3) is 0.350. The van der Waals surface area contributed by atoms with Crippen LogP contribution in [0.3, 0.4) is 0 Å². The van der Waals surface area contributed by atoms with Crippen LogP contribution in [-0.4, -0.2) is 55.4 Å². The topological polar surface area (TPSA) is 59.0 Å². The number of hydrogen-bond acceptors (Lipinski definition) is 5. The Labute approximate surface area is 147 Å². The van der Waals surface area contributed by atoms with Crippen LogP contribution < -0.4 is 0 Å². The average Bonchev–Trinajstić information content (AvgIpc) is 2.69. The predicted octanol–water partition coefficient (Wildman–Crippen LogP) is 1.80. The van der Waals surface area contributed by atoms with Crippen LogP contribution in [0, 0.1) is 0 Å². The van der Waals surface area contributed by atoms with Crippen molar-refractivity contribution in [2.75, 3.05) is 39.5 Å². The molecule has 0 radical (unpaired) electrons. The van der Waals surface area contributed by atoms with Crippen molar-refractivity contribution in [3.63, 3.8) is 0 Å². The largest absolute Gasteiger partial charge is 0.462 e. The highest BCUT2D eigenvalue weighted by Crippen LogP contribution is 2.30. The number of hydrogen-bond donors (Lipinski definition) is 1. The SMILES string of the molecule is O=C(OCCN1CCOCC1)C(O)(c1ccccc1)c1ccccc1. The van der Waals surface area contributed by atoms with E-state index in [1.807, 2.05) is 12.1 Å². The maximum Gasteiger partial charge on any atom is 0.347 e. The van der Waals surface area contributed by atoms with E-state index in [0.717, 1.165) is 13.1 Å². The Bertz CT molecular complexity index is 629. The first-order valence-corrected chi connectivity index (χ1v) is 8.52. The van der Waals surface area contributed by atoms with Gasteiger partial charge in [-0.05, 0) is 11.1 Å². The van der Waals surface area contributed by atoms with Gasteiger partial charge in [0.2, 0.25) is 5.60 Å². The molecule has 132 valence electrons. The smallest absolute Gasteiger partial charge is 0.347 e. The van der Waals surface area contributed by atoms with Crippen LogP contribution in [0.15, 0.2) is 60.7 Å². The molecule has 1 heterocycles. The standard InChI is InChI=1S/C20H23NO4/c22-19(25-16-13-21-11-14-24-15-12-21)20(23,17-7-3-1-4-8-17)18-9-5-2-6-10-18/h1-10,23H,11-16H2. The van der Waals surface area contributed by atoms with Crippen molar-refractivity contribution in [3.8, 4) is 0 Å². The van der Waals surface area contributed by atoms with Gasteiger partial charge < -0.3 is 14.6 Å². The highest BCUT2D eigenvalue weighted by Gasteiger charge is 2.41. The fourth-order valence-corrected chi connectivity index (χ4v) is 2.96. The number of aliphatic hydroxyl groups is 1. The monoisotopic (exact) mass is 341 g/mol. The first kappa shape index (κ1) is 17.6. The van der Waals surface area contributed by atoms with Crippen LogP contribution in [0.5, 0.6) is 0 Å². The molecule has 1 saturated heterocycles. The lowest BCUT2D eigenvalue weighted by Gasteiger charge is -2.29. The molecule has 25 heavy (non-hydrogen) atoms. The normalized spacial score (nSPS) is 15.7. The van der Waals surface area contributed by atoms with Crippen LogP contribution in [0.2, 0.25) is 0 Å². The number of benzene rings is 2. The summed E-state index contributed by atoms with van der Waals surface area (Å²) >= 11 is 0. The summed E-state index contributed by atoms with van der Waals surface area (Å²) < 4.78 is 10.8. The minimum Gasteiger partial charge on any atom is -0.462 e. The molecule has 0 unspecified atom stereocenters. The summed E-state index contributed by atoms with van der Waals surface area (Å²) in [5.41, 5.74) is -0.816. The second-order valence-corrected chi connectivity index (χ2v) is 6.03. The number of carbonyl (C=O) groups excluding carboxylic acids is 1. The Morgan fingerprint density at radius 3 is 2.04 bits per heavy atom. The molecule has 0 aliphatic carbocycles. The van der Waals surface area contributed by atoms with E-state index in [2.05, 4.69) is 4.90 Å². The lowest BCUT2D eigenvalue weighted by Crippen LogP contribution is -2.41. The van der Waals surface area contributed by atoms with Gasteiger partial charge in [-0.2, -0.15) is 0 Å². The lowest BCUT2D eigenvalue weighted by atomic mass is 9.86. The van der Waals surface area contributed by atoms with Crippen LogP contribution in [-0.2, 0) is 19.9 Å². The van der Waals surface area contributed by atoms with E-state index in [4.69, 9.17) is 9.47 Å². The Kier molecular flexibility index (Phi) is 5.81. The van der Waals surface area contributed by atoms with E-state index >= 15 is 0 Å². The fourth-order valence-electron chi connectivity index (χ4n) is 2.96. The van der Waals surface area contributed by atoms with Crippen molar-refractivity contribution in [1.29, 1.82) is 0 Å². The Hall–Kier alpha value is -2.21. The van der Waals surface area contributed by atoms with Crippen LogP contribution in [0.4, 0.5) is 0 Å². The summed E-state index contributed by atoms with van der Waals surface area (Å²) in [5, 5.41) is 11.3. The zero-order chi connectivity index (χ0) is 17.5. The minimum absolute atomic E-state index is 0.237. The molecule has 0 saturated carbocycles. The molecule has 0 aromatic heterocycles. The molecule has 5 nitrogen and oxygen atoms in total.